The third-order valence-electron chi connectivity index (χ3n) is 15.9. The van der Waals surface area contributed by atoms with Crippen LogP contribution in [0.5, 0.6) is 5.75 Å². The number of rotatable bonds is 6. The summed E-state index contributed by atoms with van der Waals surface area (Å²) in [5.74, 6) is 1.74. The lowest BCUT2D eigenvalue weighted by Crippen LogP contribution is -2.67. The fourth-order valence-corrected chi connectivity index (χ4v) is 13.3. The Bertz CT molecular complexity index is 1410. The Morgan fingerprint density at radius 1 is 0.891 bits per heavy atom. The van der Waals surface area contributed by atoms with Gasteiger partial charge in [0.25, 0.3) is 0 Å². The molecule has 1 aromatic rings. The molecule has 254 valence electrons. The second-order valence-electron chi connectivity index (χ2n) is 18.6. The highest BCUT2D eigenvalue weighted by Crippen LogP contribution is 2.78. The van der Waals surface area contributed by atoms with Gasteiger partial charge in [-0.3, -0.25) is 9.59 Å². The number of benzene rings is 1. The monoisotopic (exact) mass is 632 g/mol. The third kappa shape index (κ3) is 4.59. The first-order valence-electron chi connectivity index (χ1n) is 18.2. The number of ether oxygens (including phenoxy) is 1. The van der Waals surface area contributed by atoms with Crippen molar-refractivity contribution in [3.63, 3.8) is 0 Å². The van der Waals surface area contributed by atoms with Crippen LogP contribution in [0.15, 0.2) is 36.4 Å². The van der Waals surface area contributed by atoms with E-state index in [1.54, 1.807) is 13.8 Å². The van der Waals surface area contributed by atoms with Gasteiger partial charge in [0.2, 0.25) is 0 Å². The summed E-state index contributed by atoms with van der Waals surface area (Å²) < 4.78 is 6.17. The van der Waals surface area contributed by atoms with Crippen LogP contribution in [0.4, 0.5) is 0 Å². The molecule has 5 aliphatic carbocycles. The number of hydrogen-bond acceptors (Lipinski definition) is 4. The first-order valence-corrected chi connectivity index (χ1v) is 18.2. The highest BCUT2D eigenvalue weighted by molar-refractivity contribution is 5.81. The van der Waals surface area contributed by atoms with Gasteiger partial charge in [0.05, 0.1) is 11.8 Å². The molecule has 2 N–H and O–H groups in total. The van der Waals surface area contributed by atoms with Crippen LogP contribution in [0.25, 0.3) is 0 Å². The predicted molar refractivity (Wildman–Crippen MR) is 182 cm³/mol. The molecule has 46 heavy (non-hydrogen) atoms. The van der Waals surface area contributed by atoms with Crippen molar-refractivity contribution >= 4 is 11.9 Å². The highest BCUT2D eigenvalue weighted by Gasteiger charge is 2.71. The first kappa shape index (κ1) is 33.6. The van der Waals surface area contributed by atoms with Gasteiger partial charge in [-0.25, -0.2) is 0 Å². The molecule has 0 saturated heterocycles. The highest BCUT2D eigenvalue weighted by atomic mass is 16.5. The van der Waals surface area contributed by atoms with Crippen LogP contribution >= 0.6 is 0 Å². The number of hydrogen-bond donors (Lipinski definition) is 2. The topological polar surface area (TPSA) is 83.8 Å². The van der Waals surface area contributed by atoms with Crippen molar-refractivity contribution in [2.75, 3.05) is 0 Å². The fraction of sp³-hybridized carbons (Fsp3) is 0.756. The van der Waals surface area contributed by atoms with Crippen molar-refractivity contribution in [3.8, 4) is 5.75 Å². The average Bonchev–Trinajstić information content (AvgIpc) is 3.36. The van der Waals surface area contributed by atoms with Crippen molar-refractivity contribution in [1.82, 2.24) is 0 Å². The standard InChI is InChI=1S/C41H60O5/c1-25(2)26-16-21-41(27-12-10-11-13-29(27)42)23-22-39(8)28(34(26)41)14-15-31-38(7)19-18-32(46-33(43)24-36(3,4)35(44)45)37(5,6)30(38)17-20-40(31,39)9/h10-13,26,28,30-32,34,42H,1,14-24H2,2-9H3,(H,44,45)/t26-,28?,30?,31?,32-,34?,38-,39+,40+,41?/m0/s1. The van der Waals surface area contributed by atoms with E-state index in [0.717, 1.165) is 32.1 Å². The van der Waals surface area contributed by atoms with Crippen LogP contribution in [0.1, 0.15) is 132 Å². The average molecular weight is 633 g/mol. The Kier molecular flexibility index (Phi) is 7.93. The molecule has 5 fully saturated rings. The SMILES string of the molecule is C=C(C)[C@@H]1CCC2(c3ccccc3O)CC[C@]3(C)C(CCC4[C@@]5(C)CC[C@H](OC(=O)CC(C)(C)C(=O)O)C(C)(C)C5CC[C@]43C)C12. The van der Waals surface area contributed by atoms with E-state index in [-0.39, 0.29) is 45.6 Å². The maximum Gasteiger partial charge on any atom is 0.309 e. The smallest absolute Gasteiger partial charge is 0.309 e. The number of fused-ring (bicyclic) bond motifs is 7. The second kappa shape index (κ2) is 10.9. The molecule has 5 nitrogen and oxygen atoms in total. The molecule has 10 atom stereocenters. The van der Waals surface area contributed by atoms with Gasteiger partial charge in [-0.15, -0.1) is 0 Å². The number of aliphatic carboxylic acids is 1. The van der Waals surface area contributed by atoms with Crippen molar-refractivity contribution in [3.05, 3.63) is 42.0 Å². The van der Waals surface area contributed by atoms with Crippen LogP contribution < -0.4 is 0 Å². The van der Waals surface area contributed by atoms with Crippen LogP contribution in [-0.4, -0.2) is 28.3 Å². The molecule has 6 rings (SSSR count). The maximum atomic E-state index is 13.0. The molecular weight excluding hydrogens is 572 g/mol. The summed E-state index contributed by atoms with van der Waals surface area (Å²) in [6.45, 7) is 22.5. The Morgan fingerprint density at radius 2 is 1.59 bits per heavy atom. The van der Waals surface area contributed by atoms with E-state index >= 15 is 0 Å². The van der Waals surface area contributed by atoms with E-state index in [0.29, 0.717) is 35.3 Å². The van der Waals surface area contributed by atoms with Gasteiger partial charge in [0.1, 0.15) is 11.9 Å². The summed E-state index contributed by atoms with van der Waals surface area (Å²) in [6.07, 6.45) is 11.0. The zero-order valence-corrected chi connectivity index (χ0v) is 29.9. The summed E-state index contributed by atoms with van der Waals surface area (Å²) in [5, 5.41) is 20.8. The Balaban J connectivity index is 1.30. The van der Waals surface area contributed by atoms with Gasteiger partial charge in [0, 0.05) is 16.4 Å². The predicted octanol–water partition coefficient (Wildman–Crippen LogP) is 9.71. The molecule has 5 aliphatic rings. The molecule has 0 amide bonds. The van der Waals surface area contributed by atoms with E-state index in [1.807, 2.05) is 12.1 Å². The van der Waals surface area contributed by atoms with Crippen molar-refractivity contribution in [2.24, 2.45) is 56.7 Å². The lowest BCUT2D eigenvalue weighted by Gasteiger charge is -2.73. The maximum absolute atomic E-state index is 13.0. The molecule has 0 heterocycles. The summed E-state index contributed by atoms with van der Waals surface area (Å²) in [6, 6.07) is 8.18. The van der Waals surface area contributed by atoms with E-state index in [4.69, 9.17) is 4.74 Å². The van der Waals surface area contributed by atoms with Gasteiger partial charge >= 0.3 is 11.9 Å². The van der Waals surface area contributed by atoms with Crippen molar-refractivity contribution < 1.29 is 24.5 Å². The van der Waals surface area contributed by atoms with E-state index in [2.05, 4.69) is 60.3 Å². The second-order valence-corrected chi connectivity index (χ2v) is 18.6. The van der Waals surface area contributed by atoms with Gasteiger partial charge < -0.3 is 14.9 Å². The molecule has 5 saturated carbocycles. The van der Waals surface area contributed by atoms with E-state index in [9.17, 15) is 19.8 Å². The minimum absolute atomic E-state index is 0.0164. The van der Waals surface area contributed by atoms with Crippen LogP contribution in [-0.2, 0) is 19.7 Å². The van der Waals surface area contributed by atoms with Crippen LogP contribution in [0.2, 0.25) is 0 Å². The Hall–Kier alpha value is -2.30. The number of para-hydroxylation sites is 1. The molecule has 0 spiro atoms. The molecule has 5 unspecified atom stereocenters. The van der Waals surface area contributed by atoms with Crippen LogP contribution in [0, 0.1) is 56.7 Å². The number of phenolic OH excluding ortho intramolecular Hbond substituents is 1. The number of esters is 1. The number of carbonyl (C=O) groups excluding carboxylic acids is 1. The number of phenols is 1. The quantitative estimate of drug-likeness (QED) is 0.241. The molecular formula is C41H60O5. The number of allylic oxidation sites excluding steroid dienone is 1. The van der Waals surface area contributed by atoms with Crippen LogP contribution in [0.3, 0.4) is 0 Å². The summed E-state index contributed by atoms with van der Waals surface area (Å²) in [7, 11) is 0. The molecule has 0 radical (unpaired) electrons. The fourth-order valence-electron chi connectivity index (χ4n) is 13.3. The van der Waals surface area contributed by atoms with E-state index < -0.39 is 11.4 Å². The summed E-state index contributed by atoms with van der Waals surface area (Å²) >= 11 is 0. The Morgan fingerprint density at radius 3 is 2.24 bits per heavy atom. The zero-order chi connectivity index (χ0) is 33.7. The largest absolute Gasteiger partial charge is 0.508 e. The normalized spacial score (nSPS) is 43.0. The number of carboxylic acids is 1. The number of carboxylic acid groups (broad SMARTS) is 1. The first-order chi connectivity index (χ1) is 21.3. The van der Waals surface area contributed by atoms with Crippen molar-refractivity contribution in [2.45, 2.75) is 138 Å². The van der Waals surface area contributed by atoms with E-state index in [1.165, 1.54) is 43.2 Å². The molecule has 0 aromatic heterocycles. The molecule has 1 aromatic carbocycles. The molecule has 5 heteroatoms. The Labute approximate surface area is 278 Å². The van der Waals surface area contributed by atoms with Gasteiger partial charge in [-0.1, -0.05) is 65.0 Å². The summed E-state index contributed by atoms with van der Waals surface area (Å²) in [5.41, 5.74) is 1.76. The van der Waals surface area contributed by atoms with Gasteiger partial charge in [-0.05, 0) is 137 Å². The number of carbonyl (C=O) groups is 2. The lowest BCUT2D eigenvalue weighted by atomic mass is 9.32. The lowest BCUT2D eigenvalue weighted by molar-refractivity contribution is -0.246. The zero-order valence-electron chi connectivity index (χ0n) is 29.9. The third-order valence-corrected chi connectivity index (χ3v) is 15.9. The minimum atomic E-state index is -1.13. The van der Waals surface area contributed by atoms with Gasteiger partial charge in [-0.2, -0.15) is 0 Å². The number of aromatic hydroxyl groups is 1. The molecule has 0 bridgehead atoms. The summed E-state index contributed by atoms with van der Waals surface area (Å²) in [4.78, 5) is 24.7. The van der Waals surface area contributed by atoms with Crippen molar-refractivity contribution in [1.29, 1.82) is 0 Å². The molecule has 0 aliphatic heterocycles. The minimum Gasteiger partial charge on any atom is -0.508 e. The van der Waals surface area contributed by atoms with Gasteiger partial charge in [0.15, 0.2) is 0 Å².